The van der Waals surface area contributed by atoms with Gasteiger partial charge in [-0.05, 0) is 18.1 Å². The van der Waals surface area contributed by atoms with E-state index in [1.54, 1.807) is 0 Å². The van der Waals surface area contributed by atoms with Crippen molar-refractivity contribution < 1.29 is 0 Å². The number of benzene rings is 1. The molecule has 0 spiro atoms. The molecule has 0 bridgehead atoms. The summed E-state index contributed by atoms with van der Waals surface area (Å²) >= 11 is 0. The molecule has 0 aliphatic heterocycles. The first-order valence-electron chi connectivity index (χ1n) is 5.35. The zero-order valence-corrected chi connectivity index (χ0v) is 9.40. The van der Waals surface area contributed by atoms with Gasteiger partial charge in [0.1, 0.15) is 5.84 Å². The van der Waals surface area contributed by atoms with E-state index in [0.29, 0.717) is 5.92 Å². The molecule has 0 aromatic heterocycles. The van der Waals surface area contributed by atoms with Crippen LogP contribution in [0.3, 0.4) is 0 Å². The summed E-state index contributed by atoms with van der Waals surface area (Å²) in [6.07, 6.45) is 2.03. The second kappa shape index (κ2) is 6.19. The van der Waals surface area contributed by atoms with E-state index in [0.717, 1.165) is 24.4 Å². The Morgan fingerprint density at radius 2 is 2.07 bits per heavy atom. The van der Waals surface area contributed by atoms with Crippen LogP contribution in [0.2, 0.25) is 0 Å². The van der Waals surface area contributed by atoms with Gasteiger partial charge in [0.25, 0.3) is 0 Å². The smallest absolute Gasteiger partial charge is 0.116 e. The molecule has 15 heavy (non-hydrogen) atoms. The van der Waals surface area contributed by atoms with Gasteiger partial charge in [-0.3, -0.25) is 0 Å². The van der Waals surface area contributed by atoms with E-state index in [9.17, 15) is 0 Å². The highest BCUT2D eigenvalue weighted by Crippen LogP contribution is 2.13. The quantitative estimate of drug-likeness (QED) is 0.343. The predicted molar refractivity (Wildman–Crippen MR) is 64.9 cm³/mol. The fraction of sp³-hybridized carbons (Fsp3) is 0.417. The SMILES string of the molecule is CCC(C)CC(=Nc1ccccc1)NN. The molecule has 1 atom stereocenters. The van der Waals surface area contributed by atoms with Crippen LogP contribution in [-0.4, -0.2) is 5.84 Å². The Labute approximate surface area is 91.4 Å². The highest BCUT2D eigenvalue weighted by molar-refractivity contribution is 5.84. The zero-order chi connectivity index (χ0) is 11.1. The first-order chi connectivity index (χ1) is 7.26. The summed E-state index contributed by atoms with van der Waals surface area (Å²) in [4.78, 5) is 4.45. The summed E-state index contributed by atoms with van der Waals surface area (Å²) in [5, 5.41) is 0. The van der Waals surface area contributed by atoms with Crippen molar-refractivity contribution in [2.75, 3.05) is 0 Å². The number of rotatable bonds is 4. The van der Waals surface area contributed by atoms with Crippen LogP contribution >= 0.6 is 0 Å². The monoisotopic (exact) mass is 205 g/mol. The van der Waals surface area contributed by atoms with Gasteiger partial charge in [-0.2, -0.15) is 0 Å². The van der Waals surface area contributed by atoms with Crippen LogP contribution < -0.4 is 11.3 Å². The number of amidine groups is 1. The van der Waals surface area contributed by atoms with Crippen molar-refractivity contribution in [3.8, 4) is 0 Å². The van der Waals surface area contributed by atoms with Crippen LogP contribution in [-0.2, 0) is 0 Å². The molecule has 3 N–H and O–H groups in total. The molecule has 0 aliphatic carbocycles. The lowest BCUT2D eigenvalue weighted by atomic mass is 10.0. The number of para-hydroxylation sites is 1. The topological polar surface area (TPSA) is 50.4 Å². The number of hydrogen-bond acceptors (Lipinski definition) is 2. The van der Waals surface area contributed by atoms with Crippen LogP contribution in [0.25, 0.3) is 0 Å². The van der Waals surface area contributed by atoms with Crippen molar-refractivity contribution in [2.24, 2.45) is 16.8 Å². The Morgan fingerprint density at radius 1 is 1.40 bits per heavy atom. The standard InChI is InChI=1S/C12H19N3/c1-3-10(2)9-12(15-13)14-11-7-5-4-6-8-11/h4-8,10H,3,9,13H2,1-2H3,(H,14,15). The second-order valence-electron chi connectivity index (χ2n) is 3.76. The predicted octanol–water partition coefficient (Wildman–Crippen LogP) is 2.62. The van der Waals surface area contributed by atoms with Crippen LogP contribution in [0.1, 0.15) is 26.7 Å². The van der Waals surface area contributed by atoms with E-state index < -0.39 is 0 Å². The number of hydrazine groups is 1. The van der Waals surface area contributed by atoms with E-state index in [1.165, 1.54) is 0 Å². The Bertz CT molecular complexity index is 306. The van der Waals surface area contributed by atoms with Crippen molar-refractivity contribution in [2.45, 2.75) is 26.7 Å². The zero-order valence-electron chi connectivity index (χ0n) is 9.40. The number of nitrogens with zero attached hydrogens (tertiary/aromatic N) is 1. The van der Waals surface area contributed by atoms with Gasteiger partial charge < -0.3 is 5.43 Å². The molecular weight excluding hydrogens is 186 g/mol. The fourth-order valence-electron chi connectivity index (χ4n) is 1.27. The maximum atomic E-state index is 5.44. The number of aliphatic imine (C=N–C) groups is 1. The van der Waals surface area contributed by atoms with E-state index >= 15 is 0 Å². The Hall–Kier alpha value is -1.35. The van der Waals surface area contributed by atoms with Gasteiger partial charge in [0, 0.05) is 6.42 Å². The minimum atomic E-state index is 0.600. The maximum Gasteiger partial charge on any atom is 0.116 e. The molecule has 3 heteroatoms. The van der Waals surface area contributed by atoms with Crippen molar-refractivity contribution in [3.63, 3.8) is 0 Å². The van der Waals surface area contributed by atoms with Crippen molar-refractivity contribution in [3.05, 3.63) is 30.3 Å². The second-order valence-corrected chi connectivity index (χ2v) is 3.76. The Kier molecular flexibility index (Phi) is 4.84. The van der Waals surface area contributed by atoms with Crippen LogP contribution in [0.5, 0.6) is 0 Å². The van der Waals surface area contributed by atoms with Gasteiger partial charge in [-0.15, -0.1) is 0 Å². The van der Waals surface area contributed by atoms with E-state index in [4.69, 9.17) is 5.84 Å². The molecule has 1 unspecified atom stereocenters. The third kappa shape index (κ3) is 4.13. The van der Waals surface area contributed by atoms with Crippen LogP contribution in [0, 0.1) is 5.92 Å². The van der Waals surface area contributed by atoms with E-state index in [1.807, 2.05) is 30.3 Å². The Morgan fingerprint density at radius 3 is 2.60 bits per heavy atom. The minimum Gasteiger partial charge on any atom is -0.312 e. The van der Waals surface area contributed by atoms with Crippen LogP contribution in [0.15, 0.2) is 35.3 Å². The highest BCUT2D eigenvalue weighted by atomic mass is 15.2. The first-order valence-corrected chi connectivity index (χ1v) is 5.35. The summed E-state index contributed by atoms with van der Waals surface area (Å²) in [5.41, 5.74) is 3.60. The summed E-state index contributed by atoms with van der Waals surface area (Å²) in [6, 6.07) is 9.84. The first kappa shape index (κ1) is 11.7. The van der Waals surface area contributed by atoms with Crippen molar-refractivity contribution in [1.29, 1.82) is 0 Å². The third-order valence-electron chi connectivity index (χ3n) is 2.43. The van der Waals surface area contributed by atoms with Gasteiger partial charge in [0.2, 0.25) is 0 Å². The van der Waals surface area contributed by atoms with Gasteiger partial charge in [0.15, 0.2) is 0 Å². The summed E-state index contributed by atoms with van der Waals surface area (Å²) in [6.45, 7) is 4.36. The molecule has 0 heterocycles. The van der Waals surface area contributed by atoms with Gasteiger partial charge in [0.05, 0.1) is 5.69 Å². The van der Waals surface area contributed by atoms with Gasteiger partial charge in [-0.25, -0.2) is 10.8 Å². The van der Waals surface area contributed by atoms with Crippen LogP contribution in [0.4, 0.5) is 5.69 Å². The lowest BCUT2D eigenvalue weighted by Gasteiger charge is -2.10. The summed E-state index contributed by atoms with van der Waals surface area (Å²) in [7, 11) is 0. The molecule has 0 fully saturated rings. The third-order valence-corrected chi connectivity index (χ3v) is 2.43. The molecule has 82 valence electrons. The molecular formula is C12H19N3. The average molecular weight is 205 g/mol. The molecule has 1 aromatic carbocycles. The molecule has 0 radical (unpaired) electrons. The molecule has 0 amide bonds. The number of hydrogen-bond donors (Lipinski definition) is 2. The number of nitrogens with one attached hydrogen (secondary N) is 1. The van der Waals surface area contributed by atoms with Crippen molar-refractivity contribution in [1.82, 2.24) is 5.43 Å². The van der Waals surface area contributed by atoms with Gasteiger partial charge >= 0.3 is 0 Å². The minimum absolute atomic E-state index is 0.600. The van der Waals surface area contributed by atoms with E-state index in [2.05, 4.69) is 24.3 Å². The lowest BCUT2D eigenvalue weighted by Crippen LogP contribution is -2.31. The highest BCUT2D eigenvalue weighted by Gasteiger charge is 2.03. The van der Waals surface area contributed by atoms with E-state index in [-0.39, 0.29) is 0 Å². The molecule has 3 nitrogen and oxygen atoms in total. The Balaban J connectivity index is 2.70. The van der Waals surface area contributed by atoms with Gasteiger partial charge in [-0.1, -0.05) is 38.5 Å². The molecule has 1 rings (SSSR count). The van der Waals surface area contributed by atoms with Crippen molar-refractivity contribution >= 4 is 11.5 Å². The normalized spacial score (nSPS) is 13.7. The maximum absolute atomic E-state index is 5.44. The average Bonchev–Trinajstić information content (AvgIpc) is 2.29. The molecule has 1 aromatic rings. The molecule has 0 aliphatic rings. The lowest BCUT2D eigenvalue weighted by molar-refractivity contribution is 0.579. The largest absolute Gasteiger partial charge is 0.312 e. The number of nitrogens with two attached hydrogens (primary N) is 1. The fourth-order valence-corrected chi connectivity index (χ4v) is 1.27. The molecule has 0 saturated carbocycles. The summed E-state index contributed by atoms with van der Waals surface area (Å²) < 4.78 is 0. The molecule has 0 saturated heterocycles. The summed E-state index contributed by atoms with van der Waals surface area (Å²) in [5.74, 6) is 6.89.